The lowest BCUT2D eigenvalue weighted by molar-refractivity contribution is -0.143. The molecule has 1 aromatic rings. The van der Waals surface area contributed by atoms with Crippen LogP contribution in [0.3, 0.4) is 0 Å². The Labute approximate surface area is 167 Å². The first kappa shape index (κ1) is 22.2. The number of benzene rings is 1. The summed E-state index contributed by atoms with van der Waals surface area (Å²) < 4.78 is 0. The Morgan fingerprint density at radius 1 is 1.07 bits per heavy atom. The van der Waals surface area contributed by atoms with Gasteiger partial charge >= 0.3 is 11.9 Å². The molecule has 0 spiro atoms. The Balaban J connectivity index is 2.05. The molecule has 6 N–H and O–H groups in total. The van der Waals surface area contributed by atoms with Crippen LogP contribution in [0.4, 0.5) is 0 Å². The van der Waals surface area contributed by atoms with Crippen LogP contribution in [0.25, 0.3) is 0 Å². The molecule has 10 nitrogen and oxygen atoms in total. The van der Waals surface area contributed by atoms with E-state index < -0.39 is 41.9 Å². The van der Waals surface area contributed by atoms with Crippen molar-refractivity contribution < 1.29 is 34.5 Å². The van der Waals surface area contributed by atoms with E-state index in [4.69, 9.17) is 5.11 Å². The highest BCUT2D eigenvalue weighted by molar-refractivity contribution is 5.92. The van der Waals surface area contributed by atoms with E-state index in [0.717, 1.165) is 6.42 Å². The molecule has 1 aliphatic heterocycles. The van der Waals surface area contributed by atoms with Crippen LogP contribution in [-0.2, 0) is 25.6 Å². The Hall–Kier alpha value is -3.14. The Bertz CT molecular complexity index is 745. The summed E-state index contributed by atoms with van der Waals surface area (Å²) in [5.74, 6) is -3.55. The van der Waals surface area contributed by atoms with Gasteiger partial charge < -0.3 is 31.3 Å². The van der Waals surface area contributed by atoms with Crippen molar-refractivity contribution in [3.05, 3.63) is 29.8 Å². The number of hydrogen-bond acceptors (Lipinski definition) is 6. The number of nitrogens with one attached hydrogen (secondary N) is 3. The fourth-order valence-corrected chi connectivity index (χ4v) is 3.06. The van der Waals surface area contributed by atoms with E-state index in [0.29, 0.717) is 18.5 Å². The topological polar surface area (TPSA) is 165 Å². The Kier molecular flexibility index (Phi) is 7.96. The van der Waals surface area contributed by atoms with Gasteiger partial charge in [0.1, 0.15) is 17.8 Å². The van der Waals surface area contributed by atoms with Gasteiger partial charge in [0.05, 0.1) is 6.04 Å². The van der Waals surface area contributed by atoms with E-state index >= 15 is 0 Å². The van der Waals surface area contributed by atoms with Gasteiger partial charge in [-0.2, -0.15) is 0 Å². The maximum atomic E-state index is 12.6. The smallest absolute Gasteiger partial charge is 0.326 e. The molecule has 0 aliphatic carbocycles. The molecule has 0 saturated carbocycles. The number of phenolic OH excluding ortho intramolecular Hbond substituents is 1. The van der Waals surface area contributed by atoms with E-state index in [1.807, 2.05) is 0 Å². The minimum atomic E-state index is -1.28. The lowest BCUT2D eigenvalue weighted by Gasteiger charge is -2.22. The van der Waals surface area contributed by atoms with E-state index in [-0.39, 0.29) is 25.0 Å². The van der Waals surface area contributed by atoms with Crippen molar-refractivity contribution in [2.24, 2.45) is 0 Å². The standard InChI is InChI=1S/C19H25N3O7/c23-12-5-3-11(4-6-12)10-15(19(28)29)22-18(27)14(7-8-16(24)25)21-17(26)13-2-1-9-20-13/h3-6,13-15,20,23H,1-2,7-10H2,(H,21,26)(H,22,27)(H,24,25)(H,28,29)/t13-,14-,15-/m0/s1. The lowest BCUT2D eigenvalue weighted by Crippen LogP contribution is -2.54. The second kappa shape index (κ2) is 10.4. The molecule has 1 fully saturated rings. The fraction of sp³-hybridized carbons (Fsp3) is 0.474. The van der Waals surface area contributed by atoms with Crippen molar-refractivity contribution in [3.63, 3.8) is 0 Å². The number of amides is 2. The lowest BCUT2D eigenvalue weighted by atomic mass is 10.0. The molecule has 1 heterocycles. The molecule has 1 saturated heterocycles. The number of aliphatic carboxylic acids is 2. The summed E-state index contributed by atoms with van der Waals surface area (Å²) in [7, 11) is 0. The van der Waals surface area contributed by atoms with Gasteiger partial charge in [0.25, 0.3) is 0 Å². The molecule has 29 heavy (non-hydrogen) atoms. The van der Waals surface area contributed by atoms with Crippen molar-refractivity contribution in [1.29, 1.82) is 0 Å². The number of carbonyl (C=O) groups excluding carboxylic acids is 2. The number of phenols is 1. The van der Waals surface area contributed by atoms with Crippen LogP contribution in [0.1, 0.15) is 31.2 Å². The van der Waals surface area contributed by atoms with Gasteiger partial charge in [-0.25, -0.2) is 4.79 Å². The van der Waals surface area contributed by atoms with Crippen LogP contribution in [0.15, 0.2) is 24.3 Å². The van der Waals surface area contributed by atoms with Crippen molar-refractivity contribution in [2.75, 3.05) is 6.54 Å². The molecular weight excluding hydrogens is 382 g/mol. The van der Waals surface area contributed by atoms with Gasteiger partial charge in [0, 0.05) is 12.8 Å². The van der Waals surface area contributed by atoms with Crippen molar-refractivity contribution >= 4 is 23.8 Å². The molecule has 2 amide bonds. The van der Waals surface area contributed by atoms with Crippen LogP contribution >= 0.6 is 0 Å². The molecule has 158 valence electrons. The Morgan fingerprint density at radius 2 is 1.76 bits per heavy atom. The third-order valence-electron chi connectivity index (χ3n) is 4.65. The van der Waals surface area contributed by atoms with Gasteiger partial charge in [0.2, 0.25) is 11.8 Å². The summed E-state index contributed by atoms with van der Waals surface area (Å²) in [6.07, 6.45) is 0.873. The van der Waals surface area contributed by atoms with Gasteiger partial charge in [0.15, 0.2) is 0 Å². The third-order valence-corrected chi connectivity index (χ3v) is 4.65. The highest BCUT2D eigenvalue weighted by Gasteiger charge is 2.30. The molecule has 10 heteroatoms. The molecule has 1 aromatic carbocycles. The van der Waals surface area contributed by atoms with Gasteiger partial charge in [-0.15, -0.1) is 0 Å². The first-order chi connectivity index (χ1) is 13.8. The third kappa shape index (κ3) is 7.07. The van der Waals surface area contributed by atoms with E-state index in [2.05, 4.69) is 16.0 Å². The van der Waals surface area contributed by atoms with Crippen molar-refractivity contribution in [3.8, 4) is 5.75 Å². The average Bonchev–Trinajstić information content (AvgIpc) is 3.20. The van der Waals surface area contributed by atoms with Crippen LogP contribution in [0.5, 0.6) is 5.75 Å². The van der Waals surface area contributed by atoms with Crippen LogP contribution in [-0.4, -0.2) is 63.7 Å². The van der Waals surface area contributed by atoms with Crippen molar-refractivity contribution in [1.82, 2.24) is 16.0 Å². The monoisotopic (exact) mass is 407 g/mol. The molecule has 0 bridgehead atoms. The molecule has 0 unspecified atom stereocenters. The summed E-state index contributed by atoms with van der Waals surface area (Å²) >= 11 is 0. The van der Waals surface area contributed by atoms with E-state index in [1.165, 1.54) is 24.3 Å². The minimum Gasteiger partial charge on any atom is -0.508 e. The zero-order valence-electron chi connectivity index (χ0n) is 15.8. The van der Waals surface area contributed by atoms with Gasteiger partial charge in [-0.1, -0.05) is 12.1 Å². The molecule has 0 radical (unpaired) electrons. The summed E-state index contributed by atoms with van der Waals surface area (Å²) in [6, 6.07) is 2.98. The second-order valence-electron chi connectivity index (χ2n) is 6.91. The SMILES string of the molecule is O=C(O)CC[C@H](NC(=O)[C@@H]1CCCN1)C(=O)N[C@@H](Cc1ccc(O)cc1)C(=O)O. The quantitative estimate of drug-likeness (QED) is 0.305. The van der Waals surface area contributed by atoms with E-state index in [1.54, 1.807) is 0 Å². The molecular formula is C19H25N3O7. The summed E-state index contributed by atoms with van der Waals surface area (Å²) in [6.45, 7) is 0.678. The maximum absolute atomic E-state index is 12.6. The number of hydrogen-bond donors (Lipinski definition) is 6. The number of carboxylic acid groups (broad SMARTS) is 2. The summed E-state index contributed by atoms with van der Waals surface area (Å²) in [5, 5.41) is 35.5. The van der Waals surface area contributed by atoms with Crippen LogP contribution in [0.2, 0.25) is 0 Å². The largest absolute Gasteiger partial charge is 0.508 e. The minimum absolute atomic E-state index is 0.0293. The fourth-order valence-electron chi connectivity index (χ4n) is 3.06. The van der Waals surface area contributed by atoms with Crippen LogP contribution < -0.4 is 16.0 Å². The number of rotatable bonds is 10. The van der Waals surface area contributed by atoms with E-state index in [9.17, 15) is 29.4 Å². The molecule has 1 aliphatic rings. The molecule has 0 aromatic heterocycles. The average molecular weight is 407 g/mol. The predicted octanol–water partition coefficient (Wildman–Crippen LogP) is -0.394. The maximum Gasteiger partial charge on any atom is 0.326 e. The highest BCUT2D eigenvalue weighted by Crippen LogP contribution is 2.12. The Morgan fingerprint density at radius 3 is 2.31 bits per heavy atom. The molecule has 3 atom stereocenters. The zero-order chi connectivity index (χ0) is 21.4. The van der Waals surface area contributed by atoms with Gasteiger partial charge in [-0.3, -0.25) is 14.4 Å². The van der Waals surface area contributed by atoms with Crippen LogP contribution in [0, 0.1) is 0 Å². The van der Waals surface area contributed by atoms with Crippen molar-refractivity contribution in [2.45, 2.75) is 50.2 Å². The predicted molar refractivity (Wildman–Crippen MR) is 101 cm³/mol. The number of carboxylic acids is 2. The highest BCUT2D eigenvalue weighted by atomic mass is 16.4. The number of carbonyl (C=O) groups is 4. The van der Waals surface area contributed by atoms with Gasteiger partial charge in [-0.05, 0) is 43.5 Å². The summed E-state index contributed by atoms with van der Waals surface area (Å²) in [4.78, 5) is 47.4. The molecule has 2 rings (SSSR count). The first-order valence-corrected chi connectivity index (χ1v) is 9.33. The summed E-state index contributed by atoms with van der Waals surface area (Å²) in [5.41, 5.74) is 0.580. The first-order valence-electron chi connectivity index (χ1n) is 9.33. The number of aromatic hydroxyl groups is 1. The normalized spacial score (nSPS) is 17.9. The second-order valence-corrected chi connectivity index (χ2v) is 6.91. The zero-order valence-corrected chi connectivity index (χ0v) is 15.8.